The molecule has 2 amide bonds. The van der Waals surface area contributed by atoms with Gasteiger partial charge in [-0.3, -0.25) is 14.7 Å². The van der Waals surface area contributed by atoms with Crippen LogP contribution in [-0.4, -0.2) is 69.6 Å². The highest BCUT2D eigenvalue weighted by Crippen LogP contribution is 2.28. The Morgan fingerprint density at radius 2 is 2.00 bits per heavy atom. The number of anilines is 2. The van der Waals surface area contributed by atoms with Gasteiger partial charge in [0.05, 0.1) is 61.6 Å². The van der Waals surface area contributed by atoms with Gasteiger partial charge in [0.25, 0.3) is 5.91 Å². The lowest BCUT2D eigenvalue weighted by Gasteiger charge is -2.29. The van der Waals surface area contributed by atoms with Crippen molar-refractivity contribution in [3.63, 3.8) is 0 Å². The molecule has 2 fully saturated rings. The number of carbonyl (C=O) groups excluding carboxylic acids is 2. The number of hydrogen-bond acceptors (Lipinski definition) is 7. The molecule has 188 valence electrons. The summed E-state index contributed by atoms with van der Waals surface area (Å²) in [6.07, 6.45) is -1.15. The number of ether oxygens (including phenoxy) is 3. The summed E-state index contributed by atoms with van der Waals surface area (Å²) >= 11 is 0. The Labute approximate surface area is 207 Å². The highest BCUT2D eigenvalue weighted by molar-refractivity contribution is 5.99. The summed E-state index contributed by atoms with van der Waals surface area (Å²) in [5.41, 5.74) is 2.67. The van der Waals surface area contributed by atoms with E-state index in [2.05, 4.69) is 10.3 Å². The molecule has 9 nitrogen and oxygen atoms in total. The SMILES string of the molecule is COc1ccc2nc(C)c(C(=O)NC[C@H]3CN(c4ccc(N5CCOCC5)c(F)c4)C(=O)O3)cc2c1. The van der Waals surface area contributed by atoms with Crippen LogP contribution in [0.1, 0.15) is 16.1 Å². The summed E-state index contributed by atoms with van der Waals surface area (Å²) in [5.74, 6) is -0.0538. The molecule has 2 aliphatic rings. The molecule has 1 N–H and O–H groups in total. The molecule has 0 bridgehead atoms. The quantitative estimate of drug-likeness (QED) is 0.562. The van der Waals surface area contributed by atoms with E-state index in [0.717, 1.165) is 10.9 Å². The number of fused-ring (bicyclic) bond motifs is 1. The molecular formula is C26H27FN4O5. The third-order valence-electron chi connectivity index (χ3n) is 6.42. The van der Waals surface area contributed by atoms with Crippen LogP contribution in [0.5, 0.6) is 5.75 Å². The summed E-state index contributed by atoms with van der Waals surface area (Å²) in [4.78, 5) is 33.2. The Balaban J connectivity index is 1.23. The van der Waals surface area contributed by atoms with Gasteiger partial charge in [0.15, 0.2) is 0 Å². The van der Waals surface area contributed by atoms with Crippen LogP contribution < -0.4 is 19.9 Å². The molecule has 5 rings (SSSR count). The molecule has 2 saturated heterocycles. The summed E-state index contributed by atoms with van der Waals surface area (Å²) in [5, 5.41) is 3.61. The molecule has 3 aromatic rings. The summed E-state index contributed by atoms with van der Waals surface area (Å²) < 4.78 is 30.8. The minimum absolute atomic E-state index is 0.116. The van der Waals surface area contributed by atoms with Crippen molar-refractivity contribution in [2.75, 3.05) is 56.3 Å². The van der Waals surface area contributed by atoms with E-state index in [-0.39, 0.29) is 19.0 Å². The van der Waals surface area contributed by atoms with Gasteiger partial charge in [0.1, 0.15) is 17.7 Å². The van der Waals surface area contributed by atoms with Crippen LogP contribution in [0.25, 0.3) is 10.9 Å². The molecular weight excluding hydrogens is 467 g/mol. The van der Waals surface area contributed by atoms with E-state index < -0.39 is 18.0 Å². The number of amides is 2. The van der Waals surface area contributed by atoms with Crippen molar-refractivity contribution in [2.45, 2.75) is 13.0 Å². The summed E-state index contributed by atoms with van der Waals surface area (Å²) in [6.45, 7) is 4.41. The molecule has 2 aromatic carbocycles. The number of aromatic nitrogens is 1. The smallest absolute Gasteiger partial charge is 0.414 e. The van der Waals surface area contributed by atoms with Crippen molar-refractivity contribution in [3.05, 3.63) is 59.5 Å². The minimum atomic E-state index is -0.580. The van der Waals surface area contributed by atoms with E-state index in [1.165, 1.54) is 11.0 Å². The maximum absolute atomic E-state index is 14.8. The van der Waals surface area contributed by atoms with Crippen LogP contribution >= 0.6 is 0 Å². The number of pyridine rings is 1. The van der Waals surface area contributed by atoms with Crippen LogP contribution in [-0.2, 0) is 9.47 Å². The number of rotatable bonds is 6. The fraction of sp³-hybridized carbons (Fsp3) is 0.346. The van der Waals surface area contributed by atoms with Gasteiger partial charge >= 0.3 is 6.09 Å². The fourth-order valence-electron chi connectivity index (χ4n) is 4.47. The molecule has 36 heavy (non-hydrogen) atoms. The zero-order chi connectivity index (χ0) is 25.2. The van der Waals surface area contributed by atoms with Crippen molar-refractivity contribution in [1.29, 1.82) is 0 Å². The second kappa shape index (κ2) is 9.98. The monoisotopic (exact) mass is 494 g/mol. The standard InChI is InChI=1S/C26H27FN4O5/c1-16-21(12-17-11-19(34-2)4-5-23(17)29-16)25(32)28-14-20-15-31(26(33)36-20)18-3-6-24(22(27)13-18)30-7-9-35-10-8-30/h3-6,11-13,20H,7-10,14-15H2,1-2H3,(H,28,32)/t20-/m0/s1. The van der Waals surface area contributed by atoms with E-state index in [0.29, 0.717) is 54.7 Å². The Hall–Kier alpha value is -3.92. The molecule has 1 atom stereocenters. The number of nitrogens with zero attached hydrogens (tertiary/aromatic N) is 3. The first-order valence-corrected chi connectivity index (χ1v) is 11.8. The van der Waals surface area contributed by atoms with Crippen molar-refractivity contribution < 1.29 is 28.2 Å². The molecule has 0 radical (unpaired) electrons. The van der Waals surface area contributed by atoms with Crippen molar-refractivity contribution in [1.82, 2.24) is 10.3 Å². The predicted molar refractivity (Wildman–Crippen MR) is 132 cm³/mol. The van der Waals surface area contributed by atoms with Crippen LogP contribution in [0.4, 0.5) is 20.6 Å². The fourth-order valence-corrected chi connectivity index (χ4v) is 4.47. The summed E-state index contributed by atoms with van der Waals surface area (Å²) in [7, 11) is 1.58. The lowest BCUT2D eigenvalue weighted by atomic mass is 10.1. The van der Waals surface area contributed by atoms with Gasteiger partial charge in [-0.25, -0.2) is 9.18 Å². The third-order valence-corrected chi connectivity index (χ3v) is 6.42. The highest BCUT2D eigenvalue weighted by Gasteiger charge is 2.33. The average Bonchev–Trinajstić information content (AvgIpc) is 3.27. The number of nitrogens with one attached hydrogen (secondary N) is 1. The van der Waals surface area contributed by atoms with E-state index in [9.17, 15) is 14.0 Å². The van der Waals surface area contributed by atoms with E-state index >= 15 is 0 Å². The number of hydrogen-bond donors (Lipinski definition) is 1. The molecule has 0 aliphatic carbocycles. The topological polar surface area (TPSA) is 93.2 Å². The van der Waals surface area contributed by atoms with Crippen LogP contribution in [0, 0.1) is 12.7 Å². The lowest BCUT2D eigenvalue weighted by Crippen LogP contribution is -2.37. The van der Waals surface area contributed by atoms with Crippen LogP contribution in [0.3, 0.4) is 0 Å². The molecule has 2 aliphatic heterocycles. The number of morpholine rings is 1. The third kappa shape index (κ3) is 4.76. The van der Waals surface area contributed by atoms with Gasteiger partial charge < -0.3 is 24.4 Å². The second-order valence-corrected chi connectivity index (χ2v) is 8.74. The lowest BCUT2D eigenvalue weighted by molar-refractivity contribution is 0.0915. The van der Waals surface area contributed by atoms with E-state index in [1.54, 1.807) is 32.2 Å². The maximum Gasteiger partial charge on any atom is 0.414 e. The first kappa shape index (κ1) is 23.8. The van der Waals surface area contributed by atoms with E-state index in [4.69, 9.17) is 14.2 Å². The first-order valence-electron chi connectivity index (χ1n) is 11.8. The minimum Gasteiger partial charge on any atom is -0.497 e. The van der Waals surface area contributed by atoms with Gasteiger partial charge in [-0.15, -0.1) is 0 Å². The first-order chi connectivity index (χ1) is 17.4. The van der Waals surface area contributed by atoms with Crippen LogP contribution in [0.15, 0.2) is 42.5 Å². The van der Waals surface area contributed by atoms with Crippen LogP contribution in [0.2, 0.25) is 0 Å². The Kier molecular flexibility index (Phi) is 6.60. The Morgan fingerprint density at radius 1 is 1.19 bits per heavy atom. The zero-order valence-corrected chi connectivity index (χ0v) is 20.1. The number of methoxy groups -OCH3 is 1. The zero-order valence-electron chi connectivity index (χ0n) is 20.1. The Bertz CT molecular complexity index is 1310. The highest BCUT2D eigenvalue weighted by atomic mass is 19.1. The predicted octanol–water partition coefficient (Wildman–Crippen LogP) is 3.28. The number of halogens is 1. The maximum atomic E-state index is 14.8. The molecule has 0 saturated carbocycles. The normalized spacial score (nSPS) is 17.9. The number of aryl methyl sites for hydroxylation is 1. The van der Waals surface area contributed by atoms with E-state index in [1.807, 2.05) is 23.1 Å². The van der Waals surface area contributed by atoms with Crippen molar-refractivity contribution in [2.24, 2.45) is 0 Å². The molecule has 10 heteroatoms. The summed E-state index contributed by atoms with van der Waals surface area (Å²) in [6, 6.07) is 11.9. The number of cyclic esters (lactones) is 1. The van der Waals surface area contributed by atoms with Gasteiger partial charge in [0.2, 0.25) is 0 Å². The second-order valence-electron chi connectivity index (χ2n) is 8.74. The molecule has 0 unspecified atom stereocenters. The molecule has 1 aromatic heterocycles. The average molecular weight is 495 g/mol. The van der Waals surface area contributed by atoms with Gasteiger partial charge in [-0.05, 0) is 49.4 Å². The molecule has 0 spiro atoms. The number of carbonyl (C=O) groups is 2. The van der Waals surface area contributed by atoms with Crippen molar-refractivity contribution in [3.8, 4) is 5.75 Å². The van der Waals surface area contributed by atoms with Gasteiger partial charge in [-0.1, -0.05) is 0 Å². The van der Waals surface area contributed by atoms with Gasteiger partial charge in [-0.2, -0.15) is 0 Å². The Morgan fingerprint density at radius 3 is 2.75 bits per heavy atom. The van der Waals surface area contributed by atoms with Gasteiger partial charge in [0, 0.05) is 18.5 Å². The van der Waals surface area contributed by atoms with Crippen molar-refractivity contribution >= 4 is 34.3 Å². The molecule has 3 heterocycles. The largest absolute Gasteiger partial charge is 0.497 e. The number of benzene rings is 2.